The number of nitrogens with one attached hydrogen (secondary N) is 1. The third-order valence-electron chi connectivity index (χ3n) is 2.62. The molecule has 0 saturated heterocycles. The van der Waals surface area contributed by atoms with Gasteiger partial charge in [-0.2, -0.15) is 0 Å². The van der Waals surface area contributed by atoms with Crippen molar-refractivity contribution < 1.29 is 0 Å². The molecule has 5 heteroatoms. The molecule has 0 fully saturated rings. The van der Waals surface area contributed by atoms with Crippen molar-refractivity contribution >= 4 is 15.9 Å². The van der Waals surface area contributed by atoms with E-state index in [-0.39, 0.29) is 6.04 Å². The van der Waals surface area contributed by atoms with Gasteiger partial charge in [-0.25, -0.2) is 5.43 Å². The summed E-state index contributed by atoms with van der Waals surface area (Å²) in [6.45, 7) is 2.03. The van der Waals surface area contributed by atoms with Crippen molar-refractivity contribution in [1.29, 1.82) is 0 Å². The van der Waals surface area contributed by atoms with Gasteiger partial charge in [0.05, 0.1) is 6.04 Å². The SMILES string of the molecule is Cc1ccncc1C(NN)c1cncc(Br)c1. The Balaban J connectivity index is 2.44. The highest BCUT2D eigenvalue weighted by Crippen LogP contribution is 2.24. The highest BCUT2D eigenvalue weighted by Gasteiger charge is 2.15. The van der Waals surface area contributed by atoms with Crippen LogP contribution in [0.15, 0.2) is 41.4 Å². The molecule has 1 unspecified atom stereocenters. The molecule has 0 spiro atoms. The highest BCUT2D eigenvalue weighted by atomic mass is 79.9. The summed E-state index contributed by atoms with van der Waals surface area (Å²) in [6.07, 6.45) is 7.13. The Hall–Kier alpha value is -1.30. The maximum Gasteiger partial charge on any atom is 0.0742 e. The van der Waals surface area contributed by atoms with Crippen LogP contribution in [0.2, 0.25) is 0 Å². The Kier molecular flexibility index (Phi) is 3.83. The van der Waals surface area contributed by atoms with Crippen molar-refractivity contribution in [3.63, 3.8) is 0 Å². The predicted octanol–water partition coefficient (Wildman–Crippen LogP) is 2.10. The van der Waals surface area contributed by atoms with E-state index in [0.717, 1.165) is 21.2 Å². The molecule has 0 bridgehead atoms. The third-order valence-corrected chi connectivity index (χ3v) is 3.05. The summed E-state index contributed by atoms with van der Waals surface area (Å²) >= 11 is 3.40. The molecule has 88 valence electrons. The van der Waals surface area contributed by atoms with Gasteiger partial charge in [-0.3, -0.25) is 15.8 Å². The molecular formula is C12H13BrN4. The predicted molar refractivity (Wildman–Crippen MR) is 70.1 cm³/mol. The van der Waals surface area contributed by atoms with Crippen LogP contribution in [0.5, 0.6) is 0 Å². The number of pyridine rings is 2. The van der Waals surface area contributed by atoms with Gasteiger partial charge in [0.2, 0.25) is 0 Å². The van der Waals surface area contributed by atoms with Gasteiger partial charge in [0, 0.05) is 29.3 Å². The number of hydrazine groups is 1. The number of halogens is 1. The van der Waals surface area contributed by atoms with Crippen LogP contribution in [0.25, 0.3) is 0 Å². The highest BCUT2D eigenvalue weighted by molar-refractivity contribution is 9.10. The maximum atomic E-state index is 5.63. The Morgan fingerprint density at radius 2 is 2.12 bits per heavy atom. The number of hydrogen-bond donors (Lipinski definition) is 2. The summed E-state index contributed by atoms with van der Waals surface area (Å²) in [5.41, 5.74) is 5.99. The summed E-state index contributed by atoms with van der Waals surface area (Å²) in [6, 6.07) is 3.85. The molecule has 0 saturated carbocycles. The van der Waals surface area contributed by atoms with Gasteiger partial charge in [0.25, 0.3) is 0 Å². The summed E-state index contributed by atoms with van der Waals surface area (Å²) in [5.74, 6) is 5.63. The van der Waals surface area contributed by atoms with E-state index >= 15 is 0 Å². The van der Waals surface area contributed by atoms with E-state index in [1.54, 1.807) is 18.6 Å². The molecule has 0 aliphatic carbocycles. The normalized spacial score (nSPS) is 12.4. The lowest BCUT2D eigenvalue weighted by atomic mass is 9.99. The molecule has 2 aromatic rings. The smallest absolute Gasteiger partial charge is 0.0742 e. The van der Waals surface area contributed by atoms with Gasteiger partial charge in [-0.05, 0) is 51.7 Å². The zero-order chi connectivity index (χ0) is 12.3. The summed E-state index contributed by atoms with van der Waals surface area (Å²) in [5, 5.41) is 0. The van der Waals surface area contributed by atoms with Crippen molar-refractivity contribution in [1.82, 2.24) is 15.4 Å². The van der Waals surface area contributed by atoms with Crippen LogP contribution < -0.4 is 11.3 Å². The number of rotatable bonds is 3. The molecule has 0 aliphatic heterocycles. The lowest BCUT2D eigenvalue weighted by molar-refractivity contribution is 0.629. The largest absolute Gasteiger partial charge is 0.271 e. The van der Waals surface area contributed by atoms with Gasteiger partial charge in [-0.1, -0.05) is 0 Å². The first-order valence-corrected chi connectivity index (χ1v) is 5.98. The van der Waals surface area contributed by atoms with Crippen LogP contribution in [0.4, 0.5) is 0 Å². The van der Waals surface area contributed by atoms with Crippen LogP contribution in [0, 0.1) is 6.92 Å². The number of hydrogen-bond acceptors (Lipinski definition) is 4. The number of nitrogens with zero attached hydrogens (tertiary/aromatic N) is 2. The van der Waals surface area contributed by atoms with Gasteiger partial charge < -0.3 is 0 Å². The van der Waals surface area contributed by atoms with Crippen molar-refractivity contribution in [2.24, 2.45) is 5.84 Å². The first-order valence-electron chi connectivity index (χ1n) is 5.19. The van der Waals surface area contributed by atoms with Crippen molar-refractivity contribution in [3.8, 4) is 0 Å². The quantitative estimate of drug-likeness (QED) is 0.672. The molecule has 0 aliphatic rings. The lowest BCUT2D eigenvalue weighted by Gasteiger charge is -2.18. The minimum absolute atomic E-state index is 0.103. The average Bonchev–Trinajstić information content (AvgIpc) is 2.33. The topological polar surface area (TPSA) is 63.8 Å². The fourth-order valence-corrected chi connectivity index (χ4v) is 2.11. The third kappa shape index (κ3) is 2.69. The molecule has 0 amide bonds. The number of aryl methyl sites for hydroxylation is 1. The Morgan fingerprint density at radius 1 is 1.29 bits per heavy atom. The Morgan fingerprint density at radius 3 is 2.76 bits per heavy atom. The zero-order valence-electron chi connectivity index (χ0n) is 9.39. The number of aromatic nitrogens is 2. The first-order chi connectivity index (χ1) is 8.22. The minimum atomic E-state index is -0.103. The molecule has 2 aromatic heterocycles. The van der Waals surface area contributed by atoms with E-state index in [9.17, 15) is 0 Å². The first kappa shape index (κ1) is 12.2. The molecule has 2 heterocycles. The van der Waals surface area contributed by atoms with Crippen molar-refractivity contribution in [3.05, 3.63) is 58.1 Å². The van der Waals surface area contributed by atoms with Crippen LogP contribution in [-0.2, 0) is 0 Å². The molecule has 0 aromatic carbocycles. The summed E-state index contributed by atoms with van der Waals surface area (Å²) in [4.78, 5) is 8.28. The monoisotopic (exact) mass is 292 g/mol. The van der Waals surface area contributed by atoms with E-state index < -0.39 is 0 Å². The van der Waals surface area contributed by atoms with Crippen LogP contribution in [0.1, 0.15) is 22.7 Å². The second-order valence-corrected chi connectivity index (χ2v) is 4.68. The van der Waals surface area contributed by atoms with Gasteiger partial charge in [0.1, 0.15) is 0 Å². The average molecular weight is 293 g/mol. The Labute approximate surface area is 108 Å². The van der Waals surface area contributed by atoms with E-state index in [4.69, 9.17) is 5.84 Å². The fourth-order valence-electron chi connectivity index (χ4n) is 1.73. The van der Waals surface area contributed by atoms with Crippen LogP contribution >= 0.6 is 15.9 Å². The molecule has 17 heavy (non-hydrogen) atoms. The molecule has 2 rings (SSSR count). The lowest BCUT2D eigenvalue weighted by Crippen LogP contribution is -2.29. The summed E-state index contributed by atoms with van der Waals surface area (Å²) in [7, 11) is 0. The van der Waals surface area contributed by atoms with E-state index in [1.165, 1.54) is 0 Å². The van der Waals surface area contributed by atoms with Crippen LogP contribution in [-0.4, -0.2) is 9.97 Å². The molecule has 3 N–H and O–H groups in total. The van der Waals surface area contributed by atoms with Gasteiger partial charge >= 0.3 is 0 Å². The second kappa shape index (κ2) is 5.35. The minimum Gasteiger partial charge on any atom is -0.271 e. The number of nitrogens with two attached hydrogens (primary N) is 1. The fraction of sp³-hybridized carbons (Fsp3) is 0.167. The summed E-state index contributed by atoms with van der Waals surface area (Å²) < 4.78 is 0.928. The standard InChI is InChI=1S/C12H13BrN4/c1-8-2-3-15-7-11(8)12(17-14)9-4-10(13)6-16-5-9/h2-7,12,17H,14H2,1H3. The van der Waals surface area contributed by atoms with Gasteiger partial charge in [-0.15, -0.1) is 0 Å². The van der Waals surface area contributed by atoms with E-state index in [0.29, 0.717) is 0 Å². The maximum absolute atomic E-state index is 5.63. The van der Waals surface area contributed by atoms with E-state index in [2.05, 4.69) is 31.3 Å². The molecule has 1 atom stereocenters. The molecule has 4 nitrogen and oxygen atoms in total. The van der Waals surface area contributed by atoms with Crippen molar-refractivity contribution in [2.75, 3.05) is 0 Å². The second-order valence-electron chi connectivity index (χ2n) is 3.77. The molecular weight excluding hydrogens is 280 g/mol. The zero-order valence-corrected chi connectivity index (χ0v) is 11.0. The Bertz CT molecular complexity index is 515. The van der Waals surface area contributed by atoms with Gasteiger partial charge in [0.15, 0.2) is 0 Å². The van der Waals surface area contributed by atoms with Crippen LogP contribution in [0.3, 0.4) is 0 Å². The van der Waals surface area contributed by atoms with E-state index in [1.807, 2.05) is 25.3 Å². The molecule has 0 radical (unpaired) electrons. The van der Waals surface area contributed by atoms with Crippen molar-refractivity contribution in [2.45, 2.75) is 13.0 Å².